The lowest BCUT2D eigenvalue weighted by Crippen LogP contribution is -2.10. The topological polar surface area (TPSA) is 34.1 Å². The summed E-state index contributed by atoms with van der Waals surface area (Å²) in [5.74, 6) is 1.32. The first-order valence-electron chi connectivity index (χ1n) is 11.1. The van der Waals surface area contributed by atoms with Crippen LogP contribution in [0.4, 0.5) is 0 Å². The Morgan fingerprint density at radius 1 is 0.588 bits per heavy atom. The largest absolute Gasteiger partial charge is 0.289 e. The molecule has 0 radical (unpaired) electrons. The number of ketones is 2. The monoisotopic (exact) mass is 478 g/mol. The van der Waals surface area contributed by atoms with E-state index in [1.165, 1.54) is 12.2 Å². The van der Waals surface area contributed by atoms with Gasteiger partial charge in [-0.1, -0.05) is 84.9 Å². The Labute approximate surface area is 207 Å². The summed E-state index contributed by atoms with van der Waals surface area (Å²) >= 11 is 3.17. The van der Waals surface area contributed by atoms with Gasteiger partial charge in [0.25, 0.3) is 0 Å². The Bertz CT molecular complexity index is 1380. The fraction of sp³-hybridized carbons (Fsp3) is 0.0667. The van der Waals surface area contributed by atoms with Gasteiger partial charge in [-0.15, -0.1) is 23.5 Å². The summed E-state index contributed by atoms with van der Waals surface area (Å²) in [5.41, 5.74) is 2.13. The van der Waals surface area contributed by atoms with Gasteiger partial charge in [0.2, 0.25) is 0 Å². The molecule has 2 nitrogen and oxygen atoms in total. The normalized spacial score (nSPS) is 13.9. The number of carbonyl (C=O) groups is 2. The lowest BCUT2D eigenvalue weighted by molar-refractivity contribution is -0.116. The molecule has 1 saturated heterocycles. The van der Waals surface area contributed by atoms with Crippen molar-refractivity contribution in [1.82, 2.24) is 0 Å². The number of rotatable bonds is 6. The Morgan fingerprint density at radius 2 is 1.03 bits per heavy atom. The number of carbonyl (C=O) groups excluding carboxylic acids is 2. The van der Waals surface area contributed by atoms with Crippen LogP contribution in [0.15, 0.2) is 107 Å². The molecule has 4 heteroatoms. The quantitative estimate of drug-likeness (QED) is 0.163. The van der Waals surface area contributed by atoms with Gasteiger partial charge in [0.05, 0.1) is 9.81 Å². The third-order valence-electron chi connectivity index (χ3n) is 5.65. The number of hydrogen-bond donors (Lipinski definition) is 0. The molecular weight excluding hydrogens is 456 g/mol. The molecule has 1 aliphatic rings. The summed E-state index contributed by atoms with van der Waals surface area (Å²) in [6, 6.07) is 28.4. The Kier molecular flexibility index (Phi) is 6.79. The molecule has 0 unspecified atom stereocenters. The summed E-state index contributed by atoms with van der Waals surface area (Å²) < 4.78 is 0.821. The van der Waals surface area contributed by atoms with Crippen molar-refractivity contribution in [3.8, 4) is 0 Å². The van der Waals surface area contributed by atoms with Crippen LogP contribution in [0.1, 0.15) is 11.1 Å². The maximum Gasteiger partial charge on any atom is 0.191 e. The first-order chi connectivity index (χ1) is 16.7. The summed E-state index contributed by atoms with van der Waals surface area (Å²) in [5, 5.41) is 4.54. The summed E-state index contributed by atoms with van der Waals surface area (Å²) in [6.45, 7) is 0. The van der Waals surface area contributed by atoms with Crippen molar-refractivity contribution in [1.29, 1.82) is 0 Å². The number of hydrogen-bond acceptors (Lipinski definition) is 4. The minimum atomic E-state index is -0.252. The molecule has 1 heterocycles. The van der Waals surface area contributed by atoms with Crippen LogP contribution < -0.4 is 0 Å². The second-order valence-corrected chi connectivity index (χ2v) is 10.4. The molecule has 0 aliphatic carbocycles. The van der Waals surface area contributed by atoms with Crippen LogP contribution in [0.3, 0.4) is 0 Å². The van der Waals surface area contributed by atoms with E-state index in [4.69, 9.17) is 0 Å². The lowest BCUT2D eigenvalue weighted by Gasteiger charge is -2.05. The molecule has 1 fully saturated rings. The molecule has 34 heavy (non-hydrogen) atoms. The van der Waals surface area contributed by atoms with E-state index in [2.05, 4.69) is 24.3 Å². The van der Waals surface area contributed by atoms with Crippen LogP contribution in [0.25, 0.3) is 33.7 Å². The average molecular weight is 479 g/mol. The Morgan fingerprint density at radius 3 is 1.50 bits per heavy atom. The summed E-state index contributed by atoms with van der Waals surface area (Å²) in [6.07, 6.45) is 6.63. The highest BCUT2D eigenvalue weighted by Crippen LogP contribution is 2.39. The SMILES string of the molecule is O=C(/C=C/c1ccc2ccccc2c1)C(C(=O)/C=C/c1ccc2ccccc2c1)=C1SCCS1. The fourth-order valence-electron chi connectivity index (χ4n) is 3.91. The van der Waals surface area contributed by atoms with Crippen LogP contribution in [-0.4, -0.2) is 23.1 Å². The van der Waals surface area contributed by atoms with Crippen molar-refractivity contribution in [2.45, 2.75) is 0 Å². The van der Waals surface area contributed by atoms with Crippen LogP contribution in [0.5, 0.6) is 0 Å². The van der Waals surface area contributed by atoms with Crippen molar-refractivity contribution < 1.29 is 9.59 Å². The number of benzene rings is 4. The molecule has 4 aromatic carbocycles. The summed E-state index contributed by atoms with van der Waals surface area (Å²) in [4.78, 5) is 26.3. The molecule has 0 saturated carbocycles. The average Bonchev–Trinajstić information content (AvgIpc) is 3.40. The molecule has 0 N–H and O–H groups in total. The number of thioether (sulfide) groups is 2. The number of fused-ring (bicyclic) bond motifs is 2. The van der Waals surface area contributed by atoms with Gasteiger partial charge in [-0.05, 0) is 57.0 Å². The van der Waals surface area contributed by atoms with Gasteiger partial charge in [0, 0.05) is 11.5 Å². The zero-order chi connectivity index (χ0) is 23.3. The molecule has 0 spiro atoms. The molecule has 0 aromatic heterocycles. The zero-order valence-electron chi connectivity index (χ0n) is 18.4. The highest BCUT2D eigenvalue weighted by atomic mass is 32.2. The van der Waals surface area contributed by atoms with Crippen molar-refractivity contribution in [2.75, 3.05) is 11.5 Å². The fourth-order valence-corrected chi connectivity index (χ4v) is 6.47. The predicted molar refractivity (Wildman–Crippen MR) is 148 cm³/mol. The van der Waals surface area contributed by atoms with Gasteiger partial charge in [0.1, 0.15) is 0 Å². The molecule has 5 rings (SSSR count). The number of allylic oxidation sites excluding steroid dienone is 3. The van der Waals surface area contributed by atoms with Gasteiger partial charge in [-0.3, -0.25) is 9.59 Å². The van der Waals surface area contributed by atoms with E-state index in [9.17, 15) is 9.59 Å². The molecule has 0 bridgehead atoms. The second kappa shape index (κ2) is 10.3. The van der Waals surface area contributed by atoms with E-state index in [-0.39, 0.29) is 17.1 Å². The zero-order valence-corrected chi connectivity index (χ0v) is 20.1. The van der Waals surface area contributed by atoms with Crippen LogP contribution >= 0.6 is 23.5 Å². The maximum atomic E-state index is 13.2. The van der Waals surface area contributed by atoms with Gasteiger partial charge >= 0.3 is 0 Å². The van der Waals surface area contributed by atoms with Crippen LogP contribution in [0.2, 0.25) is 0 Å². The minimum Gasteiger partial charge on any atom is -0.289 e. The van der Waals surface area contributed by atoms with Crippen molar-refractivity contribution >= 4 is 68.8 Å². The van der Waals surface area contributed by atoms with Gasteiger partial charge in [-0.25, -0.2) is 0 Å². The summed E-state index contributed by atoms with van der Waals surface area (Å²) in [7, 11) is 0. The van der Waals surface area contributed by atoms with Gasteiger partial charge < -0.3 is 0 Å². The van der Waals surface area contributed by atoms with E-state index in [1.54, 1.807) is 35.7 Å². The molecule has 0 amide bonds. The molecular formula is C30H22O2S2. The third-order valence-corrected chi connectivity index (χ3v) is 8.36. The highest BCUT2D eigenvalue weighted by molar-refractivity contribution is 8.25. The molecule has 1 aliphatic heterocycles. The first-order valence-corrected chi connectivity index (χ1v) is 13.1. The van der Waals surface area contributed by atoms with E-state index in [0.717, 1.165) is 48.4 Å². The van der Waals surface area contributed by atoms with Crippen LogP contribution in [0, 0.1) is 0 Å². The van der Waals surface area contributed by atoms with E-state index >= 15 is 0 Å². The van der Waals surface area contributed by atoms with E-state index in [0.29, 0.717) is 0 Å². The molecule has 166 valence electrons. The third kappa shape index (κ3) is 5.09. The Balaban J connectivity index is 1.39. The van der Waals surface area contributed by atoms with Crippen molar-refractivity contribution in [3.05, 3.63) is 118 Å². The smallest absolute Gasteiger partial charge is 0.191 e. The lowest BCUT2D eigenvalue weighted by atomic mass is 10.0. The van der Waals surface area contributed by atoms with Gasteiger partial charge in [-0.2, -0.15) is 0 Å². The standard InChI is InChI=1S/C30H22O2S2/c31-27(15-11-21-9-13-23-5-1-3-7-25(23)19-21)29(30-33-17-18-34-30)28(32)16-12-22-10-14-24-6-2-4-8-26(24)20-22/h1-16,19-20H,17-18H2/b15-11+,16-12+. The Hall–Kier alpha value is -3.34. The van der Waals surface area contributed by atoms with Crippen molar-refractivity contribution in [2.24, 2.45) is 0 Å². The highest BCUT2D eigenvalue weighted by Gasteiger charge is 2.23. The van der Waals surface area contributed by atoms with Crippen LogP contribution in [-0.2, 0) is 9.59 Å². The second-order valence-electron chi connectivity index (χ2n) is 7.97. The maximum absolute atomic E-state index is 13.2. The first kappa shape index (κ1) is 22.5. The van der Waals surface area contributed by atoms with E-state index < -0.39 is 0 Å². The molecule has 0 atom stereocenters. The van der Waals surface area contributed by atoms with Gasteiger partial charge in [0.15, 0.2) is 11.6 Å². The minimum absolute atomic E-state index is 0.252. The van der Waals surface area contributed by atoms with E-state index in [1.807, 2.05) is 60.7 Å². The predicted octanol–water partition coefficient (Wildman–Crippen LogP) is 7.55. The molecule has 4 aromatic rings. The van der Waals surface area contributed by atoms with Crippen molar-refractivity contribution in [3.63, 3.8) is 0 Å².